The van der Waals surface area contributed by atoms with E-state index in [0.29, 0.717) is 15.7 Å². The summed E-state index contributed by atoms with van der Waals surface area (Å²) >= 11 is 12.0. The number of halogens is 2. The molecule has 7 heteroatoms. The highest BCUT2D eigenvalue weighted by atomic mass is 35.5. The van der Waals surface area contributed by atoms with Crippen molar-refractivity contribution in [2.24, 2.45) is 0 Å². The second kappa shape index (κ2) is 9.22. The van der Waals surface area contributed by atoms with Crippen LogP contribution in [0.3, 0.4) is 0 Å². The van der Waals surface area contributed by atoms with Crippen LogP contribution >= 0.6 is 23.2 Å². The molecule has 1 unspecified atom stereocenters. The molecule has 0 saturated heterocycles. The van der Waals surface area contributed by atoms with Gasteiger partial charge in [0.1, 0.15) is 0 Å². The monoisotopic (exact) mass is 408 g/mol. The highest BCUT2D eigenvalue weighted by molar-refractivity contribution is 6.35. The number of likely N-dealkylation sites (N-methyl/N-ethyl adjacent to an activating group) is 1. The van der Waals surface area contributed by atoms with E-state index < -0.39 is 0 Å². The van der Waals surface area contributed by atoms with Crippen LogP contribution in [0.2, 0.25) is 10.0 Å². The van der Waals surface area contributed by atoms with Crippen molar-refractivity contribution < 1.29 is 14.5 Å². The fourth-order valence-electron chi connectivity index (χ4n) is 2.96. The van der Waals surface area contributed by atoms with Gasteiger partial charge in [-0.25, -0.2) is 0 Å². The molecule has 2 aromatic carbocycles. The van der Waals surface area contributed by atoms with E-state index in [1.54, 1.807) is 25.2 Å². The zero-order chi connectivity index (χ0) is 20.1. The standard InChI is InChI=1S/C20H23Cl2N3O2/c1-12-7-13(2)20(14(3)8-12)24-19(27)11-25(4)10-18(26)23-17-9-15(21)5-6-16(17)22/h5-9H,10-11H2,1-4H3,(H,23,26)(H,24,27)/p+1. The quantitative estimate of drug-likeness (QED) is 0.687. The number of carbonyl (C=O) groups is 2. The number of hydrogen-bond donors (Lipinski definition) is 3. The van der Waals surface area contributed by atoms with Crippen molar-refractivity contribution in [2.45, 2.75) is 20.8 Å². The van der Waals surface area contributed by atoms with Crippen molar-refractivity contribution in [1.82, 2.24) is 0 Å². The number of benzene rings is 2. The normalized spacial score (nSPS) is 11.8. The molecular formula is C20H24Cl2N3O2+. The number of amides is 2. The average Bonchev–Trinajstić information content (AvgIpc) is 2.54. The number of rotatable bonds is 6. The molecule has 27 heavy (non-hydrogen) atoms. The number of nitrogens with one attached hydrogen (secondary N) is 3. The summed E-state index contributed by atoms with van der Waals surface area (Å²) in [6, 6.07) is 8.92. The first-order chi connectivity index (χ1) is 12.7. The molecule has 0 aliphatic carbocycles. The zero-order valence-electron chi connectivity index (χ0n) is 15.9. The second-order valence-corrected chi connectivity index (χ2v) is 7.65. The number of hydrogen-bond acceptors (Lipinski definition) is 2. The molecule has 0 aliphatic rings. The average molecular weight is 409 g/mol. The van der Waals surface area contributed by atoms with Crippen LogP contribution in [-0.2, 0) is 9.59 Å². The van der Waals surface area contributed by atoms with Crippen LogP contribution in [0.4, 0.5) is 11.4 Å². The van der Waals surface area contributed by atoms with Gasteiger partial charge >= 0.3 is 0 Å². The minimum atomic E-state index is -0.243. The second-order valence-electron chi connectivity index (χ2n) is 6.80. The van der Waals surface area contributed by atoms with Gasteiger partial charge in [0, 0.05) is 10.7 Å². The molecule has 0 fully saturated rings. The summed E-state index contributed by atoms with van der Waals surface area (Å²) in [5.74, 6) is -0.386. The lowest BCUT2D eigenvalue weighted by Gasteiger charge is -2.16. The molecule has 0 aromatic heterocycles. The molecule has 1 atom stereocenters. The van der Waals surface area contributed by atoms with Crippen LogP contribution < -0.4 is 15.5 Å². The molecule has 2 rings (SSSR count). The molecule has 0 spiro atoms. The summed E-state index contributed by atoms with van der Waals surface area (Å²) in [4.78, 5) is 25.3. The largest absolute Gasteiger partial charge is 0.322 e. The van der Waals surface area contributed by atoms with Crippen molar-refractivity contribution in [3.8, 4) is 0 Å². The topological polar surface area (TPSA) is 62.6 Å². The van der Waals surface area contributed by atoms with Gasteiger partial charge in [0.15, 0.2) is 13.1 Å². The fourth-order valence-corrected chi connectivity index (χ4v) is 3.30. The van der Waals surface area contributed by atoms with Crippen molar-refractivity contribution in [1.29, 1.82) is 0 Å². The van der Waals surface area contributed by atoms with E-state index in [2.05, 4.69) is 10.6 Å². The van der Waals surface area contributed by atoms with E-state index in [-0.39, 0.29) is 24.9 Å². The maximum absolute atomic E-state index is 12.3. The summed E-state index contributed by atoms with van der Waals surface area (Å²) in [7, 11) is 1.79. The van der Waals surface area contributed by atoms with Gasteiger partial charge in [0.05, 0.1) is 17.8 Å². The predicted octanol–water partition coefficient (Wildman–Crippen LogP) is 3.01. The number of quaternary nitrogens is 1. The Morgan fingerprint density at radius 1 is 0.926 bits per heavy atom. The van der Waals surface area contributed by atoms with Crippen molar-refractivity contribution >= 4 is 46.4 Å². The maximum atomic E-state index is 12.3. The van der Waals surface area contributed by atoms with Gasteiger partial charge < -0.3 is 15.5 Å². The van der Waals surface area contributed by atoms with Gasteiger partial charge in [-0.05, 0) is 50.1 Å². The number of aryl methyl sites for hydroxylation is 3. The molecule has 5 nitrogen and oxygen atoms in total. The SMILES string of the molecule is Cc1cc(C)c(NC(=O)C[NH+](C)CC(=O)Nc2cc(Cl)ccc2Cl)c(C)c1. The van der Waals surface area contributed by atoms with Crippen LogP contribution in [0.1, 0.15) is 16.7 Å². The third-order valence-corrected chi connectivity index (χ3v) is 4.63. The minimum Gasteiger partial charge on any atom is -0.322 e. The van der Waals surface area contributed by atoms with Gasteiger partial charge in [-0.1, -0.05) is 40.9 Å². The van der Waals surface area contributed by atoms with E-state index in [0.717, 1.165) is 27.3 Å². The van der Waals surface area contributed by atoms with Crippen LogP contribution in [0.15, 0.2) is 30.3 Å². The van der Waals surface area contributed by atoms with Crippen molar-refractivity contribution in [3.63, 3.8) is 0 Å². The molecule has 0 saturated carbocycles. The number of carbonyl (C=O) groups excluding carboxylic acids is 2. The smallest absolute Gasteiger partial charge is 0.279 e. The fraction of sp³-hybridized carbons (Fsp3) is 0.300. The molecule has 2 aromatic rings. The molecule has 144 valence electrons. The van der Waals surface area contributed by atoms with Crippen LogP contribution in [0.5, 0.6) is 0 Å². The van der Waals surface area contributed by atoms with Crippen molar-refractivity contribution in [2.75, 3.05) is 30.8 Å². The molecule has 0 bridgehead atoms. The lowest BCUT2D eigenvalue weighted by molar-refractivity contribution is -0.862. The summed E-state index contributed by atoms with van der Waals surface area (Å²) < 4.78 is 0. The van der Waals surface area contributed by atoms with Gasteiger partial charge in [0.2, 0.25) is 0 Å². The van der Waals surface area contributed by atoms with E-state index in [1.807, 2.05) is 32.9 Å². The molecular weight excluding hydrogens is 385 g/mol. The molecule has 2 amide bonds. The highest BCUT2D eigenvalue weighted by Crippen LogP contribution is 2.25. The Morgan fingerprint density at radius 3 is 2.07 bits per heavy atom. The lowest BCUT2D eigenvalue weighted by atomic mass is 10.1. The first-order valence-corrected chi connectivity index (χ1v) is 9.35. The third kappa shape index (κ3) is 6.24. The van der Waals surface area contributed by atoms with Gasteiger partial charge in [0.25, 0.3) is 11.8 Å². The first kappa shape index (κ1) is 21.2. The number of anilines is 2. The van der Waals surface area contributed by atoms with Crippen molar-refractivity contribution in [3.05, 3.63) is 57.1 Å². The first-order valence-electron chi connectivity index (χ1n) is 8.59. The Bertz CT molecular complexity index is 845. The molecule has 0 heterocycles. The van der Waals surface area contributed by atoms with E-state index in [1.165, 1.54) is 0 Å². The summed E-state index contributed by atoms with van der Waals surface area (Å²) in [6.45, 7) is 6.25. The Hall–Kier alpha value is -2.08. The van der Waals surface area contributed by atoms with Crippen LogP contribution in [0.25, 0.3) is 0 Å². The third-order valence-electron chi connectivity index (χ3n) is 4.07. The minimum absolute atomic E-state index is 0.127. The summed E-state index contributed by atoms with van der Waals surface area (Å²) in [5.41, 5.74) is 4.48. The Labute approximate surface area is 169 Å². The van der Waals surface area contributed by atoms with Gasteiger partial charge in [-0.2, -0.15) is 0 Å². The van der Waals surface area contributed by atoms with Gasteiger partial charge in [-0.3, -0.25) is 9.59 Å². The molecule has 0 aliphatic heterocycles. The van der Waals surface area contributed by atoms with E-state index >= 15 is 0 Å². The lowest BCUT2D eigenvalue weighted by Crippen LogP contribution is -3.11. The Balaban J connectivity index is 1.91. The summed E-state index contributed by atoms with van der Waals surface area (Å²) in [6.07, 6.45) is 0. The van der Waals surface area contributed by atoms with Crippen LogP contribution in [-0.4, -0.2) is 32.0 Å². The van der Waals surface area contributed by atoms with Gasteiger partial charge in [-0.15, -0.1) is 0 Å². The maximum Gasteiger partial charge on any atom is 0.279 e. The zero-order valence-corrected chi connectivity index (χ0v) is 17.4. The Kier molecular flexibility index (Phi) is 7.25. The van der Waals surface area contributed by atoms with E-state index in [4.69, 9.17) is 23.2 Å². The molecule has 0 radical (unpaired) electrons. The highest BCUT2D eigenvalue weighted by Gasteiger charge is 2.17. The molecule has 3 N–H and O–H groups in total. The van der Waals surface area contributed by atoms with Crippen LogP contribution in [0, 0.1) is 20.8 Å². The Morgan fingerprint density at radius 2 is 1.48 bits per heavy atom. The van der Waals surface area contributed by atoms with E-state index in [9.17, 15) is 9.59 Å². The summed E-state index contributed by atoms with van der Waals surface area (Å²) in [5, 5.41) is 6.56. The predicted molar refractivity (Wildman–Crippen MR) is 111 cm³/mol.